The fourth-order valence-corrected chi connectivity index (χ4v) is 4.15. The fourth-order valence-electron chi connectivity index (χ4n) is 2.35. The van der Waals surface area contributed by atoms with Crippen molar-refractivity contribution < 1.29 is 17.9 Å². The van der Waals surface area contributed by atoms with E-state index in [2.05, 4.69) is 4.98 Å². The zero-order valence-corrected chi connectivity index (χ0v) is 12.9. The van der Waals surface area contributed by atoms with Gasteiger partial charge in [0.15, 0.2) is 0 Å². The summed E-state index contributed by atoms with van der Waals surface area (Å²) in [7, 11) is 1.86. The van der Waals surface area contributed by atoms with Crippen LogP contribution in [-0.2, 0) is 13.8 Å². The molecule has 1 fully saturated rings. The lowest BCUT2D eigenvalue weighted by Gasteiger charge is -2.35. The van der Waals surface area contributed by atoms with E-state index in [4.69, 9.17) is 20.2 Å². The third kappa shape index (κ3) is 4.33. The normalized spacial score (nSPS) is 18.7. The Hall–Kier alpha value is -0.850. The summed E-state index contributed by atoms with van der Waals surface area (Å²) in [4.78, 5) is 4.15. The Bertz CT molecular complexity index is 555. The van der Waals surface area contributed by atoms with Gasteiger partial charge in [0.25, 0.3) is 0 Å². The summed E-state index contributed by atoms with van der Waals surface area (Å²) in [6.07, 6.45) is 2.94. The number of halogens is 1. The lowest BCUT2D eigenvalue weighted by molar-refractivity contribution is 0.00209. The highest BCUT2D eigenvalue weighted by atomic mass is 35.7. The Morgan fingerprint density at radius 1 is 1.45 bits per heavy atom. The molecular weight excluding hydrogens is 302 g/mol. The molecule has 7 heteroatoms. The van der Waals surface area contributed by atoms with E-state index < -0.39 is 14.5 Å². The van der Waals surface area contributed by atoms with E-state index >= 15 is 0 Å². The predicted molar refractivity (Wildman–Crippen MR) is 76.6 cm³/mol. The van der Waals surface area contributed by atoms with Crippen molar-refractivity contribution in [1.29, 1.82) is 0 Å². The molecule has 2 heterocycles. The molecule has 0 amide bonds. The molecule has 5 nitrogen and oxygen atoms in total. The lowest BCUT2D eigenvalue weighted by atomic mass is 9.83. The van der Waals surface area contributed by atoms with Crippen LogP contribution >= 0.6 is 10.7 Å². The van der Waals surface area contributed by atoms with Crippen molar-refractivity contribution >= 4 is 19.7 Å². The van der Waals surface area contributed by atoms with E-state index in [1.807, 2.05) is 13.0 Å². The Morgan fingerprint density at radius 3 is 2.75 bits per heavy atom. The summed E-state index contributed by atoms with van der Waals surface area (Å²) < 4.78 is 34.0. The van der Waals surface area contributed by atoms with E-state index in [1.165, 1.54) is 0 Å². The van der Waals surface area contributed by atoms with Gasteiger partial charge in [-0.25, -0.2) is 8.42 Å². The minimum absolute atomic E-state index is 0.0930. The van der Waals surface area contributed by atoms with Crippen molar-refractivity contribution in [2.75, 3.05) is 25.6 Å². The summed E-state index contributed by atoms with van der Waals surface area (Å²) in [5.74, 6) is 0.579. The highest BCUT2D eigenvalue weighted by molar-refractivity contribution is 8.13. The maximum atomic E-state index is 11.4. The second kappa shape index (κ2) is 6.28. The van der Waals surface area contributed by atoms with Gasteiger partial charge >= 0.3 is 0 Å². The van der Waals surface area contributed by atoms with E-state index in [1.54, 1.807) is 12.3 Å². The molecule has 0 saturated carbocycles. The molecule has 1 aliphatic rings. The summed E-state index contributed by atoms with van der Waals surface area (Å²) in [6.45, 7) is 3.21. The molecule has 0 bridgehead atoms. The SMILES string of the molecule is Cc1ncccc1OCC1(CS(=O)(=O)Cl)CCOCC1. The molecule has 112 valence electrons. The molecule has 0 spiro atoms. The Balaban J connectivity index is 2.10. The molecule has 1 aromatic heterocycles. The van der Waals surface area contributed by atoms with Gasteiger partial charge in [-0.15, -0.1) is 0 Å². The quantitative estimate of drug-likeness (QED) is 0.778. The van der Waals surface area contributed by atoms with Crippen molar-refractivity contribution in [3.8, 4) is 5.75 Å². The first kappa shape index (κ1) is 15.5. The monoisotopic (exact) mass is 319 g/mol. The zero-order valence-electron chi connectivity index (χ0n) is 11.3. The number of aromatic nitrogens is 1. The number of pyridine rings is 1. The van der Waals surface area contributed by atoms with Crippen LogP contribution in [0.1, 0.15) is 18.5 Å². The summed E-state index contributed by atoms with van der Waals surface area (Å²) in [6, 6.07) is 3.61. The number of ether oxygens (including phenoxy) is 2. The smallest absolute Gasteiger partial charge is 0.233 e. The standard InChI is InChI=1S/C13H18ClNO4S/c1-11-12(3-2-6-15-11)19-9-13(10-20(14,16)17)4-7-18-8-5-13/h2-3,6H,4-5,7-10H2,1H3. The first-order chi connectivity index (χ1) is 9.40. The van der Waals surface area contributed by atoms with Gasteiger partial charge in [-0.3, -0.25) is 4.98 Å². The van der Waals surface area contributed by atoms with Crippen LogP contribution < -0.4 is 4.74 Å². The molecule has 1 aliphatic heterocycles. The number of hydrogen-bond acceptors (Lipinski definition) is 5. The minimum Gasteiger partial charge on any atom is -0.491 e. The molecule has 0 atom stereocenters. The van der Waals surface area contributed by atoms with Crippen LogP contribution in [-0.4, -0.2) is 39.0 Å². The number of aryl methyl sites for hydroxylation is 1. The summed E-state index contributed by atoms with van der Waals surface area (Å²) in [5.41, 5.74) is 0.296. The van der Waals surface area contributed by atoms with E-state index in [0.717, 1.165) is 5.69 Å². The second-order valence-electron chi connectivity index (χ2n) is 5.17. The molecule has 20 heavy (non-hydrogen) atoms. The second-order valence-corrected chi connectivity index (χ2v) is 7.95. The number of rotatable bonds is 5. The first-order valence-corrected chi connectivity index (χ1v) is 8.93. The van der Waals surface area contributed by atoms with Crippen molar-refractivity contribution in [1.82, 2.24) is 4.98 Å². The minimum atomic E-state index is -3.58. The van der Waals surface area contributed by atoms with Gasteiger partial charge in [0.05, 0.1) is 18.1 Å². The van der Waals surface area contributed by atoms with Crippen molar-refractivity contribution in [2.24, 2.45) is 5.41 Å². The van der Waals surface area contributed by atoms with Gasteiger partial charge < -0.3 is 9.47 Å². The average molecular weight is 320 g/mol. The van der Waals surface area contributed by atoms with Crippen molar-refractivity contribution in [3.05, 3.63) is 24.0 Å². The summed E-state index contributed by atoms with van der Waals surface area (Å²) >= 11 is 0. The molecule has 0 unspecified atom stereocenters. The molecule has 0 N–H and O–H groups in total. The average Bonchev–Trinajstić information content (AvgIpc) is 2.37. The van der Waals surface area contributed by atoms with E-state index in [-0.39, 0.29) is 5.75 Å². The Kier molecular flexibility index (Phi) is 4.88. The van der Waals surface area contributed by atoms with Crippen LogP contribution in [0.5, 0.6) is 5.75 Å². The van der Waals surface area contributed by atoms with Gasteiger partial charge in [-0.05, 0) is 31.9 Å². The van der Waals surface area contributed by atoms with Gasteiger partial charge in [0.1, 0.15) is 5.75 Å². The number of nitrogens with zero attached hydrogens (tertiary/aromatic N) is 1. The Morgan fingerprint density at radius 2 is 2.15 bits per heavy atom. The molecule has 0 aromatic carbocycles. The number of hydrogen-bond donors (Lipinski definition) is 0. The highest BCUT2D eigenvalue weighted by Crippen LogP contribution is 2.34. The van der Waals surface area contributed by atoms with Gasteiger partial charge in [-0.2, -0.15) is 0 Å². The predicted octanol–water partition coefficient (Wildman–Crippen LogP) is 2.13. The van der Waals surface area contributed by atoms with Crippen LogP contribution in [0.4, 0.5) is 0 Å². The Labute approximate surface area is 123 Å². The molecule has 2 rings (SSSR count). The van der Waals surface area contributed by atoms with Crippen LogP contribution in [0.3, 0.4) is 0 Å². The fraction of sp³-hybridized carbons (Fsp3) is 0.615. The third-order valence-electron chi connectivity index (χ3n) is 3.52. The van der Waals surface area contributed by atoms with Crippen molar-refractivity contribution in [2.45, 2.75) is 19.8 Å². The first-order valence-electron chi connectivity index (χ1n) is 6.45. The molecule has 1 saturated heterocycles. The van der Waals surface area contributed by atoms with E-state index in [0.29, 0.717) is 38.4 Å². The highest BCUT2D eigenvalue weighted by Gasteiger charge is 2.37. The molecular formula is C13H18ClNO4S. The van der Waals surface area contributed by atoms with Gasteiger partial charge in [-0.1, -0.05) is 0 Å². The maximum absolute atomic E-state index is 11.4. The van der Waals surface area contributed by atoms with Crippen molar-refractivity contribution in [3.63, 3.8) is 0 Å². The van der Waals surface area contributed by atoms with Gasteiger partial charge in [0.2, 0.25) is 9.05 Å². The molecule has 0 radical (unpaired) electrons. The van der Waals surface area contributed by atoms with Crippen LogP contribution in [0.25, 0.3) is 0 Å². The van der Waals surface area contributed by atoms with Crippen LogP contribution in [0, 0.1) is 12.3 Å². The zero-order chi connectivity index (χ0) is 14.6. The largest absolute Gasteiger partial charge is 0.491 e. The third-order valence-corrected chi connectivity index (χ3v) is 4.81. The van der Waals surface area contributed by atoms with Crippen LogP contribution in [0.15, 0.2) is 18.3 Å². The van der Waals surface area contributed by atoms with Crippen LogP contribution in [0.2, 0.25) is 0 Å². The summed E-state index contributed by atoms with van der Waals surface area (Å²) in [5, 5.41) is 0. The molecule has 1 aromatic rings. The topological polar surface area (TPSA) is 65.5 Å². The molecule has 0 aliphatic carbocycles. The van der Waals surface area contributed by atoms with Gasteiger partial charge in [0, 0.05) is 35.5 Å². The van der Waals surface area contributed by atoms with E-state index in [9.17, 15) is 8.42 Å². The maximum Gasteiger partial charge on any atom is 0.233 e. The lowest BCUT2D eigenvalue weighted by Crippen LogP contribution is -2.40.